The van der Waals surface area contributed by atoms with Crippen LogP contribution in [-0.2, 0) is 26.2 Å². The van der Waals surface area contributed by atoms with Crippen molar-refractivity contribution in [1.29, 1.82) is 0 Å². The minimum Gasteiger partial charge on any atom is -0.477 e. The molecule has 25 heavy (non-hydrogen) atoms. The number of hydrogen-bond acceptors (Lipinski definition) is 9. The largest absolute Gasteiger partial charge is 0.477 e. The van der Waals surface area contributed by atoms with Gasteiger partial charge in [0.1, 0.15) is 5.70 Å². The lowest BCUT2D eigenvalue weighted by Crippen LogP contribution is -2.54. The van der Waals surface area contributed by atoms with Gasteiger partial charge in [0.25, 0.3) is 0 Å². The van der Waals surface area contributed by atoms with Crippen LogP contribution >= 0.6 is 23.5 Å². The molecule has 0 aliphatic carbocycles. The number of β-lactam (4-membered cyclic amide) rings is 1. The van der Waals surface area contributed by atoms with Crippen LogP contribution in [0.5, 0.6) is 0 Å². The van der Waals surface area contributed by atoms with E-state index in [9.17, 15) is 23.1 Å². The molecule has 136 valence electrons. The molecule has 0 spiro atoms. The number of fused-ring (bicyclic) bond motifs is 1. The van der Waals surface area contributed by atoms with Gasteiger partial charge in [0.2, 0.25) is 21.1 Å². The van der Waals surface area contributed by atoms with E-state index < -0.39 is 16.0 Å². The summed E-state index contributed by atoms with van der Waals surface area (Å²) in [7, 11) is -3.64. The first-order valence-electron chi connectivity index (χ1n) is 7.04. The average molecular weight is 406 g/mol. The summed E-state index contributed by atoms with van der Waals surface area (Å²) in [6, 6.07) is 0. The van der Waals surface area contributed by atoms with E-state index in [4.69, 9.17) is 5.14 Å². The minimum atomic E-state index is -3.64. The van der Waals surface area contributed by atoms with Crippen LogP contribution in [0.15, 0.2) is 16.4 Å². The summed E-state index contributed by atoms with van der Waals surface area (Å²) in [6.45, 7) is 0.000434. The molecule has 2 aliphatic heterocycles. The van der Waals surface area contributed by atoms with E-state index in [0.29, 0.717) is 22.9 Å². The molecule has 3 heterocycles. The molecule has 1 fully saturated rings. The second-order valence-electron chi connectivity index (χ2n) is 5.33. The fraction of sp³-hybridized carbons (Fsp3) is 0.545. The molecular formula is C11H14N6O5S3. The van der Waals surface area contributed by atoms with Crippen LogP contribution in [0.4, 0.5) is 0 Å². The van der Waals surface area contributed by atoms with E-state index in [-0.39, 0.29) is 35.0 Å². The molecule has 11 nitrogen and oxygen atoms in total. The third-order valence-corrected chi connectivity index (χ3v) is 6.67. The maximum atomic E-state index is 11.7. The SMILES string of the molecule is NS(=O)(=O)CCn1nnnc1SCC1=C(C(=O)O)N2C(=O)C[C@H]2SC1. The Morgan fingerprint density at radius 3 is 2.88 bits per heavy atom. The zero-order chi connectivity index (χ0) is 18.2. The van der Waals surface area contributed by atoms with E-state index in [0.717, 1.165) is 0 Å². The molecule has 2 aliphatic rings. The van der Waals surface area contributed by atoms with E-state index in [2.05, 4.69) is 15.5 Å². The number of amides is 1. The molecule has 1 aromatic rings. The molecule has 0 radical (unpaired) electrons. The second kappa shape index (κ2) is 6.93. The monoisotopic (exact) mass is 406 g/mol. The van der Waals surface area contributed by atoms with E-state index in [1.54, 1.807) is 0 Å². The number of primary sulfonamides is 1. The highest BCUT2D eigenvalue weighted by atomic mass is 32.2. The van der Waals surface area contributed by atoms with Gasteiger partial charge in [0, 0.05) is 11.5 Å². The predicted molar refractivity (Wildman–Crippen MR) is 88.9 cm³/mol. The summed E-state index contributed by atoms with van der Waals surface area (Å²) < 4.78 is 23.4. The Morgan fingerprint density at radius 2 is 2.24 bits per heavy atom. The van der Waals surface area contributed by atoms with Gasteiger partial charge in [-0.2, -0.15) is 0 Å². The molecule has 1 saturated heterocycles. The fourth-order valence-electron chi connectivity index (χ4n) is 2.39. The Kier molecular flexibility index (Phi) is 5.04. The van der Waals surface area contributed by atoms with Crippen LogP contribution in [0.3, 0.4) is 0 Å². The average Bonchev–Trinajstić information content (AvgIpc) is 2.96. The summed E-state index contributed by atoms with van der Waals surface area (Å²) in [5, 5.41) is 25.6. The lowest BCUT2D eigenvalue weighted by atomic mass is 10.1. The first-order valence-corrected chi connectivity index (χ1v) is 10.8. The van der Waals surface area contributed by atoms with Crippen LogP contribution < -0.4 is 5.14 Å². The van der Waals surface area contributed by atoms with E-state index >= 15 is 0 Å². The Hall–Kier alpha value is -1.64. The molecule has 14 heteroatoms. The first-order chi connectivity index (χ1) is 11.8. The number of thioether (sulfide) groups is 2. The molecule has 0 aromatic carbocycles. The number of carboxylic acid groups (broad SMARTS) is 1. The number of nitrogens with two attached hydrogens (primary N) is 1. The van der Waals surface area contributed by atoms with Gasteiger partial charge in [-0.3, -0.25) is 9.69 Å². The lowest BCUT2D eigenvalue weighted by Gasteiger charge is -2.43. The van der Waals surface area contributed by atoms with Crippen LogP contribution in [0, 0.1) is 0 Å². The Labute approximate surface area is 151 Å². The number of aliphatic carboxylic acids is 1. The summed E-state index contributed by atoms with van der Waals surface area (Å²) in [4.78, 5) is 24.6. The predicted octanol–water partition coefficient (Wildman–Crippen LogP) is -1.30. The van der Waals surface area contributed by atoms with Crippen molar-refractivity contribution in [3.8, 4) is 0 Å². The highest BCUT2D eigenvalue weighted by Crippen LogP contribution is 2.41. The highest BCUT2D eigenvalue weighted by molar-refractivity contribution is 8.01. The van der Waals surface area contributed by atoms with Crippen molar-refractivity contribution in [1.82, 2.24) is 25.1 Å². The Balaban J connectivity index is 1.73. The number of aryl methyl sites for hydroxylation is 1. The maximum Gasteiger partial charge on any atom is 0.352 e. The van der Waals surface area contributed by atoms with Gasteiger partial charge < -0.3 is 5.11 Å². The number of nitrogens with zero attached hydrogens (tertiary/aromatic N) is 5. The van der Waals surface area contributed by atoms with Gasteiger partial charge in [-0.05, 0) is 16.0 Å². The van der Waals surface area contributed by atoms with Crippen molar-refractivity contribution in [2.75, 3.05) is 17.3 Å². The number of carbonyl (C=O) groups excluding carboxylic acids is 1. The van der Waals surface area contributed by atoms with Gasteiger partial charge in [-0.25, -0.2) is 23.0 Å². The zero-order valence-corrected chi connectivity index (χ0v) is 15.2. The van der Waals surface area contributed by atoms with Crippen LogP contribution in [0.25, 0.3) is 0 Å². The highest BCUT2D eigenvalue weighted by Gasteiger charge is 2.45. The van der Waals surface area contributed by atoms with Crippen molar-refractivity contribution in [3.63, 3.8) is 0 Å². The van der Waals surface area contributed by atoms with Gasteiger partial charge >= 0.3 is 5.97 Å². The number of tetrazole rings is 1. The van der Waals surface area contributed by atoms with Crippen molar-refractivity contribution in [2.24, 2.45) is 5.14 Å². The first kappa shape index (κ1) is 18.2. The smallest absolute Gasteiger partial charge is 0.352 e. The maximum absolute atomic E-state index is 11.7. The van der Waals surface area contributed by atoms with E-state index in [1.165, 1.54) is 33.1 Å². The molecule has 0 bridgehead atoms. The van der Waals surface area contributed by atoms with Gasteiger partial charge in [0.05, 0.1) is 24.1 Å². The van der Waals surface area contributed by atoms with Crippen molar-refractivity contribution < 1.29 is 23.1 Å². The molecule has 1 aromatic heterocycles. The van der Waals surface area contributed by atoms with Gasteiger partial charge in [-0.1, -0.05) is 11.8 Å². The number of hydrogen-bond donors (Lipinski definition) is 2. The molecule has 1 amide bonds. The number of aromatic nitrogens is 4. The number of rotatable bonds is 7. The molecule has 0 unspecified atom stereocenters. The quantitative estimate of drug-likeness (QED) is 0.411. The Morgan fingerprint density at radius 1 is 1.48 bits per heavy atom. The topological polar surface area (TPSA) is 161 Å². The third-order valence-electron chi connectivity index (χ3n) is 3.60. The molecular weight excluding hydrogens is 392 g/mol. The van der Waals surface area contributed by atoms with Gasteiger partial charge in [-0.15, -0.1) is 16.9 Å². The number of carbonyl (C=O) groups is 2. The molecule has 3 rings (SSSR count). The number of sulfonamides is 1. The lowest BCUT2D eigenvalue weighted by molar-refractivity contribution is -0.146. The summed E-state index contributed by atoms with van der Waals surface area (Å²) in [5.74, 6) is -0.866. The third kappa shape index (κ3) is 3.96. The standard InChI is InChI=1S/C11H14N6O5S3/c12-25(21,22)2-1-16-11(13-14-15-16)24-5-6-4-23-8-3-7(18)17(8)9(6)10(19)20/h8H,1-5H2,(H,19,20)(H2,12,21,22)/t8-/m1/s1. The van der Waals surface area contributed by atoms with Crippen LogP contribution in [0.2, 0.25) is 0 Å². The van der Waals surface area contributed by atoms with Crippen molar-refractivity contribution >= 4 is 45.4 Å². The molecule has 0 saturated carbocycles. The zero-order valence-electron chi connectivity index (χ0n) is 12.7. The van der Waals surface area contributed by atoms with E-state index in [1.807, 2.05) is 0 Å². The van der Waals surface area contributed by atoms with Crippen LogP contribution in [-0.4, -0.2) is 73.1 Å². The fourth-order valence-corrected chi connectivity index (χ4v) is 5.13. The molecule has 3 N–H and O–H groups in total. The Bertz CT molecular complexity index is 850. The van der Waals surface area contributed by atoms with Crippen LogP contribution in [0.1, 0.15) is 6.42 Å². The van der Waals surface area contributed by atoms with Crippen molar-refractivity contribution in [3.05, 3.63) is 11.3 Å². The van der Waals surface area contributed by atoms with Gasteiger partial charge in [0.15, 0.2) is 0 Å². The molecule has 1 atom stereocenters. The summed E-state index contributed by atoms with van der Waals surface area (Å²) in [6.07, 6.45) is 0.355. The van der Waals surface area contributed by atoms with Crippen molar-refractivity contribution in [2.45, 2.75) is 23.5 Å². The summed E-state index contributed by atoms with van der Waals surface area (Å²) >= 11 is 2.70. The summed E-state index contributed by atoms with van der Waals surface area (Å²) in [5.41, 5.74) is 0.629. The minimum absolute atomic E-state index is 0.000434. The normalized spacial score (nSPS) is 20.4. The number of carboxylic acids is 1. The second-order valence-corrected chi connectivity index (χ2v) is 9.17.